The van der Waals surface area contributed by atoms with E-state index in [1.807, 2.05) is 0 Å². The van der Waals surface area contributed by atoms with E-state index >= 15 is 0 Å². The molecule has 0 atom stereocenters. The molecule has 2 aliphatic heterocycles. The van der Waals surface area contributed by atoms with Gasteiger partial charge in [-0.05, 0) is 60.7 Å². The quantitative estimate of drug-likeness (QED) is 0.443. The number of nitrogens with one attached hydrogen (secondary N) is 1. The normalized spacial score (nSPS) is 16.0. The molecule has 2 aromatic carbocycles. The first-order chi connectivity index (χ1) is 15.7. The highest BCUT2D eigenvalue weighted by Crippen LogP contribution is 2.42. The fraction of sp³-hybridized carbons (Fsp3) is 0.320. The van der Waals surface area contributed by atoms with Crippen molar-refractivity contribution in [3.05, 3.63) is 71.5 Å². The molecule has 1 fully saturated rings. The van der Waals surface area contributed by atoms with E-state index in [0.717, 1.165) is 54.6 Å². The Bertz CT molecular complexity index is 1110. The predicted molar refractivity (Wildman–Crippen MR) is 125 cm³/mol. The van der Waals surface area contributed by atoms with Crippen molar-refractivity contribution in [1.82, 2.24) is 14.9 Å². The molecule has 0 radical (unpaired) electrons. The Kier molecular flexibility index (Phi) is 6.10. The minimum absolute atomic E-state index is 0.195. The van der Waals surface area contributed by atoms with Crippen molar-refractivity contribution in [3.8, 4) is 0 Å². The highest BCUT2D eigenvalue weighted by Gasteiger charge is 2.22. The van der Waals surface area contributed by atoms with Crippen LogP contribution in [0.3, 0.4) is 0 Å². The van der Waals surface area contributed by atoms with Gasteiger partial charge >= 0.3 is 5.97 Å². The van der Waals surface area contributed by atoms with Gasteiger partial charge in [-0.2, -0.15) is 0 Å². The summed E-state index contributed by atoms with van der Waals surface area (Å²) < 4.78 is 4.75. The molecule has 3 aromatic rings. The number of hydrogen-bond donors (Lipinski definition) is 1. The molecule has 7 heteroatoms. The number of esters is 1. The average molecular weight is 447 g/mol. The van der Waals surface area contributed by atoms with Crippen molar-refractivity contribution in [3.63, 3.8) is 0 Å². The second-order valence-corrected chi connectivity index (χ2v) is 9.34. The van der Waals surface area contributed by atoms with Crippen LogP contribution in [0.15, 0.2) is 64.8 Å². The standard InChI is InChI=1S/C25H26N4O2S/c1-31-23(30)15-17-2-5-19(6-3-17)20-8-12-29(13-9-20)16-18-4-7-22-21(14-18)28-24-25(32-22)27-11-10-26-24/h2-7,10-11,14,20H,8-9,12-13,15-16H2,1H3,(H,26,28). The number of rotatable bonds is 5. The fourth-order valence-corrected chi connectivity index (χ4v) is 5.29. The number of methoxy groups -OCH3 is 1. The molecule has 0 spiro atoms. The molecule has 3 heterocycles. The van der Waals surface area contributed by atoms with Crippen molar-refractivity contribution in [2.45, 2.75) is 41.6 Å². The number of benzene rings is 2. The van der Waals surface area contributed by atoms with E-state index in [2.05, 4.69) is 62.6 Å². The van der Waals surface area contributed by atoms with Gasteiger partial charge in [0.05, 0.1) is 19.2 Å². The van der Waals surface area contributed by atoms with Gasteiger partial charge in [-0.25, -0.2) is 9.97 Å². The Labute approximate surface area is 192 Å². The Morgan fingerprint density at radius 1 is 1.09 bits per heavy atom. The summed E-state index contributed by atoms with van der Waals surface area (Å²) in [5, 5.41) is 4.35. The largest absolute Gasteiger partial charge is 0.469 e. The summed E-state index contributed by atoms with van der Waals surface area (Å²) >= 11 is 1.67. The van der Waals surface area contributed by atoms with Crippen molar-refractivity contribution in [2.75, 3.05) is 25.5 Å². The van der Waals surface area contributed by atoms with Gasteiger partial charge in [0.15, 0.2) is 5.82 Å². The molecule has 6 nitrogen and oxygen atoms in total. The Balaban J connectivity index is 1.17. The number of fused-ring (bicyclic) bond motifs is 2. The van der Waals surface area contributed by atoms with Crippen LogP contribution in [-0.2, 0) is 22.5 Å². The number of nitrogens with zero attached hydrogens (tertiary/aromatic N) is 3. The minimum Gasteiger partial charge on any atom is -0.469 e. The SMILES string of the molecule is COC(=O)Cc1ccc(C2CCN(Cc3ccc4c(c3)Nc3nccnc3S4)CC2)cc1. The lowest BCUT2D eigenvalue weighted by Gasteiger charge is -2.32. The molecule has 0 saturated carbocycles. The van der Waals surface area contributed by atoms with E-state index in [1.54, 1.807) is 24.2 Å². The third-order valence-electron chi connectivity index (χ3n) is 6.19. The van der Waals surface area contributed by atoms with Gasteiger partial charge in [-0.1, -0.05) is 42.1 Å². The number of carbonyl (C=O) groups is 1. The molecule has 5 rings (SSSR count). The second-order valence-electron chi connectivity index (χ2n) is 8.31. The van der Waals surface area contributed by atoms with Crippen molar-refractivity contribution >= 4 is 29.2 Å². The van der Waals surface area contributed by atoms with Gasteiger partial charge in [0.25, 0.3) is 0 Å². The van der Waals surface area contributed by atoms with Gasteiger partial charge < -0.3 is 10.1 Å². The summed E-state index contributed by atoms with van der Waals surface area (Å²) in [5.41, 5.74) is 4.80. The third kappa shape index (κ3) is 4.64. The molecule has 0 unspecified atom stereocenters. The highest BCUT2D eigenvalue weighted by atomic mass is 32.2. The molecular formula is C25H26N4O2S. The molecule has 0 bridgehead atoms. The molecule has 2 aliphatic rings. The monoisotopic (exact) mass is 446 g/mol. The highest BCUT2D eigenvalue weighted by molar-refractivity contribution is 7.99. The zero-order chi connectivity index (χ0) is 21.9. The second kappa shape index (κ2) is 9.30. The van der Waals surface area contributed by atoms with Gasteiger partial charge in [-0.15, -0.1) is 0 Å². The van der Waals surface area contributed by atoms with Gasteiger partial charge in [0.2, 0.25) is 0 Å². The number of piperidine rings is 1. The summed E-state index contributed by atoms with van der Waals surface area (Å²) in [6.07, 6.45) is 6.09. The molecule has 0 amide bonds. The zero-order valence-electron chi connectivity index (χ0n) is 18.1. The molecule has 1 saturated heterocycles. The van der Waals surface area contributed by atoms with Crippen LogP contribution in [0.5, 0.6) is 0 Å². The lowest BCUT2D eigenvalue weighted by molar-refractivity contribution is -0.139. The van der Waals surface area contributed by atoms with E-state index in [1.165, 1.54) is 23.1 Å². The van der Waals surface area contributed by atoms with E-state index < -0.39 is 0 Å². The van der Waals surface area contributed by atoms with Gasteiger partial charge in [-0.3, -0.25) is 9.69 Å². The molecule has 0 aliphatic carbocycles. The molecule has 164 valence electrons. The lowest BCUT2D eigenvalue weighted by Crippen LogP contribution is -2.32. The number of anilines is 2. The molecule has 1 N–H and O–H groups in total. The smallest absolute Gasteiger partial charge is 0.309 e. The summed E-state index contributed by atoms with van der Waals surface area (Å²) in [5.74, 6) is 1.22. The summed E-state index contributed by atoms with van der Waals surface area (Å²) in [6.45, 7) is 3.13. The Morgan fingerprint density at radius 3 is 2.62 bits per heavy atom. The van der Waals surface area contributed by atoms with Crippen LogP contribution in [0.1, 0.15) is 35.4 Å². The maximum atomic E-state index is 11.4. The number of carbonyl (C=O) groups excluding carboxylic acids is 1. The van der Waals surface area contributed by atoms with Crippen LogP contribution >= 0.6 is 11.8 Å². The maximum Gasteiger partial charge on any atom is 0.309 e. The van der Waals surface area contributed by atoms with Crippen LogP contribution in [0.2, 0.25) is 0 Å². The number of aromatic nitrogens is 2. The average Bonchev–Trinajstić information content (AvgIpc) is 2.83. The molecule has 32 heavy (non-hydrogen) atoms. The minimum atomic E-state index is -0.195. The van der Waals surface area contributed by atoms with Crippen molar-refractivity contribution in [2.24, 2.45) is 0 Å². The van der Waals surface area contributed by atoms with Gasteiger partial charge in [0, 0.05) is 23.8 Å². The first kappa shape index (κ1) is 21.0. The summed E-state index contributed by atoms with van der Waals surface area (Å²) in [7, 11) is 1.43. The lowest BCUT2D eigenvalue weighted by atomic mass is 9.88. The van der Waals surface area contributed by atoms with Crippen LogP contribution in [0.25, 0.3) is 0 Å². The molecule has 1 aromatic heterocycles. The number of hydrogen-bond acceptors (Lipinski definition) is 7. The third-order valence-corrected chi connectivity index (χ3v) is 7.26. The van der Waals surface area contributed by atoms with Crippen molar-refractivity contribution in [1.29, 1.82) is 0 Å². The maximum absolute atomic E-state index is 11.4. The first-order valence-electron chi connectivity index (χ1n) is 10.9. The first-order valence-corrected chi connectivity index (χ1v) is 11.8. The van der Waals surface area contributed by atoms with Crippen molar-refractivity contribution < 1.29 is 9.53 Å². The van der Waals surface area contributed by atoms with E-state index in [9.17, 15) is 4.79 Å². The van der Waals surface area contributed by atoms with Crippen LogP contribution in [-0.4, -0.2) is 41.0 Å². The zero-order valence-corrected chi connectivity index (χ0v) is 18.9. The van der Waals surface area contributed by atoms with Crippen LogP contribution in [0.4, 0.5) is 11.5 Å². The Morgan fingerprint density at radius 2 is 1.84 bits per heavy atom. The number of ether oxygens (including phenoxy) is 1. The number of likely N-dealkylation sites (tertiary alicyclic amines) is 1. The summed E-state index contributed by atoms with van der Waals surface area (Å²) in [6, 6.07) is 15.1. The van der Waals surface area contributed by atoms with E-state index in [0.29, 0.717) is 12.3 Å². The van der Waals surface area contributed by atoms with Crippen LogP contribution < -0.4 is 5.32 Å². The van der Waals surface area contributed by atoms with Gasteiger partial charge in [0.1, 0.15) is 5.03 Å². The van der Waals surface area contributed by atoms with E-state index in [4.69, 9.17) is 4.74 Å². The van der Waals surface area contributed by atoms with Crippen LogP contribution in [0, 0.1) is 0 Å². The molecular weight excluding hydrogens is 420 g/mol. The van der Waals surface area contributed by atoms with E-state index in [-0.39, 0.29) is 5.97 Å². The Hall–Kier alpha value is -2.90. The predicted octanol–water partition coefficient (Wildman–Crippen LogP) is 4.78. The topological polar surface area (TPSA) is 67.3 Å². The summed E-state index contributed by atoms with van der Waals surface area (Å²) in [4.78, 5) is 24.0. The fourth-order valence-electron chi connectivity index (χ4n) is 4.41.